The number of ether oxygens (including phenoxy) is 1. The van der Waals surface area contributed by atoms with Crippen LogP contribution in [0.2, 0.25) is 0 Å². The van der Waals surface area contributed by atoms with Gasteiger partial charge in [0.25, 0.3) is 0 Å². The average Bonchev–Trinajstić information content (AvgIpc) is 3.16. The molecule has 8 heteroatoms. The van der Waals surface area contributed by atoms with Crippen LogP contribution >= 0.6 is 0 Å². The SMILES string of the molecule is CN1C(=O)CCc2cc(-c3cncc(CN4CCCC4COCC(F)(F)F)c3)ccc21. The quantitative estimate of drug-likeness (QED) is 0.685. The molecule has 0 spiro atoms. The summed E-state index contributed by atoms with van der Waals surface area (Å²) >= 11 is 0. The summed E-state index contributed by atoms with van der Waals surface area (Å²) in [6, 6.07) is 8.16. The summed E-state index contributed by atoms with van der Waals surface area (Å²) in [6.45, 7) is 0.351. The predicted molar refractivity (Wildman–Crippen MR) is 112 cm³/mol. The molecule has 3 heterocycles. The van der Waals surface area contributed by atoms with Crippen molar-refractivity contribution < 1.29 is 22.7 Å². The number of fused-ring (bicyclic) bond motifs is 1. The van der Waals surface area contributed by atoms with Gasteiger partial charge in [-0.3, -0.25) is 14.7 Å². The van der Waals surface area contributed by atoms with Crippen LogP contribution in [0.3, 0.4) is 0 Å². The molecule has 0 saturated carbocycles. The van der Waals surface area contributed by atoms with Gasteiger partial charge < -0.3 is 9.64 Å². The summed E-state index contributed by atoms with van der Waals surface area (Å²) < 4.78 is 42.0. The molecule has 31 heavy (non-hydrogen) atoms. The largest absolute Gasteiger partial charge is 0.411 e. The molecular weight excluding hydrogens is 407 g/mol. The van der Waals surface area contributed by atoms with E-state index in [-0.39, 0.29) is 18.6 Å². The highest BCUT2D eigenvalue weighted by atomic mass is 19.4. The molecule has 1 amide bonds. The minimum atomic E-state index is -4.29. The average molecular weight is 433 g/mol. The number of carbonyl (C=O) groups excluding carboxylic acids is 1. The van der Waals surface area contributed by atoms with E-state index in [0.29, 0.717) is 13.0 Å². The summed E-state index contributed by atoms with van der Waals surface area (Å²) in [5, 5.41) is 0. The number of carbonyl (C=O) groups is 1. The number of aryl methyl sites for hydroxylation is 1. The zero-order valence-corrected chi connectivity index (χ0v) is 17.5. The molecule has 4 rings (SSSR count). The van der Waals surface area contributed by atoms with Gasteiger partial charge in [-0.05, 0) is 60.7 Å². The molecule has 1 aromatic carbocycles. The molecule has 1 aromatic heterocycles. The second-order valence-corrected chi connectivity index (χ2v) is 8.27. The van der Waals surface area contributed by atoms with Crippen LogP contribution in [0, 0.1) is 0 Å². The molecule has 1 atom stereocenters. The molecular formula is C23H26F3N3O2. The Kier molecular flexibility index (Phi) is 6.29. The summed E-state index contributed by atoms with van der Waals surface area (Å²) in [5.41, 5.74) is 5.14. The normalized spacial score (nSPS) is 19.7. The highest BCUT2D eigenvalue weighted by Crippen LogP contribution is 2.32. The molecule has 0 radical (unpaired) electrons. The van der Waals surface area contributed by atoms with Crippen LogP contribution in [0.5, 0.6) is 0 Å². The molecule has 5 nitrogen and oxygen atoms in total. The van der Waals surface area contributed by atoms with Gasteiger partial charge in [0.05, 0.1) is 6.61 Å². The van der Waals surface area contributed by atoms with Crippen LogP contribution in [0.4, 0.5) is 18.9 Å². The maximum atomic E-state index is 12.4. The van der Waals surface area contributed by atoms with Gasteiger partial charge in [0.2, 0.25) is 5.91 Å². The zero-order valence-electron chi connectivity index (χ0n) is 17.5. The predicted octanol–water partition coefficient (Wildman–Crippen LogP) is 4.20. The number of anilines is 1. The smallest absolute Gasteiger partial charge is 0.370 e. The number of alkyl halides is 3. The van der Waals surface area contributed by atoms with Crippen molar-refractivity contribution in [2.75, 3.05) is 31.7 Å². The molecule has 1 unspecified atom stereocenters. The summed E-state index contributed by atoms with van der Waals surface area (Å²) in [6.07, 6.45) is 2.35. The molecule has 0 N–H and O–H groups in total. The van der Waals surface area contributed by atoms with Gasteiger partial charge in [-0.15, -0.1) is 0 Å². The van der Waals surface area contributed by atoms with E-state index in [1.807, 2.05) is 18.3 Å². The molecule has 2 aliphatic heterocycles. The van der Waals surface area contributed by atoms with Crippen molar-refractivity contribution in [3.05, 3.63) is 47.8 Å². The first kappa shape index (κ1) is 21.8. The number of halogens is 3. The van der Waals surface area contributed by atoms with E-state index in [1.165, 1.54) is 0 Å². The third-order valence-electron chi connectivity index (χ3n) is 6.01. The van der Waals surface area contributed by atoms with Gasteiger partial charge >= 0.3 is 6.18 Å². The van der Waals surface area contributed by atoms with E-state index in [9.17, 15) is 18.0 Å². The van der Waals surface area contributed by atoms with Crippen LogP contribution in [0.1, 0.15) is 30.4 Å². The lowest BCUT2D eigenvalue weighted by molar-refractivity contribution is -0.176. The Morgan fingerprint density at radius 3 is 2.81 bits per heavy atom. The third-order valence-corrected chi connectivity index (χ3v) is 6.01. The summed E-state index contributed by atoms with van der Waals surface area (Å²) in [7, 11) is 1.80. The number of benzene rings is 1. The Labute approximate surface area is 179 Å². The first-order valence-electron chi connectivity index (χ1n) is 10.5. The Balaban J connectivity index is 1.45. The van der Waals surface area contributed by atoms with Crippen LogP contribution < -0.4 is 4.90 Å². The first-order valence-corrected chi connectivity index (χ1v) is 10.5. The number of hydrogen-bond donors (Lipinski definition) is 0. The number of likely N-dealkylation sites (tertiary alicyclic amines) is 1. The molecule has 1 saturated heterocycles. The van der Waals surface area contributed by atoms with Gasteiger partial charge in [-0.25, -0.2) is 0 Å². The lowest BCUT2D eigenvalue weighted by Crippen LogP contribution is -2.34. The summed E-state index contributed by atoms with van der Waals surface area (Å²) in [5.74, 6) is 0.128. The number of amides is 1. The number of pyridine rings is 1. The second kappa shape index (κ2) is 8.96. The van der Waals surface area contributed by atoms with Crippen molar-refractivity contribution in [3.8, 4) is 11.1 Å². The van der Waals surface area contributed by atoms with E-state index in [2.05, 4.69) is 22.0 Å². The molecule has 166 valence electrons. The van der Waals surface area contributed by atoms with Crippen molar-refractivity contribution in [1.29, 1.82) is 0 Å². The molecule has 2 aromatic rings. The van der Waals surface area contributed by atoms with Crippen LogP contribution in [0.25, 0.3) is 11.1 Å². The lowest BCUT2D eigenvalue weighted by atomic mass is 9.96. The standard InChI is InChI=1S/C23H26F3N3O2/c1-28-21-6-4-17(10-18(21)5-7-22(28)30)19-9-16(11-27-12-19)13-29-8-2-3-20(29)14-31-15-23(24,25)26/h4,6,9-12,20H,2-3,5,7-8,13-15H2,1H3. The Morgan fingerprint density at radius 2 is 2.00 bits per heavy atom. The van der Waals surface area contributed by atoms with Crippen LogP contribution in [-0.2, 0) is 22.5 Å². The van der Waals surface area contributed by atoms with E-state index in [1.54, 1.807) is 18.1 Å². The molecule has 2 aliphatic rings. The molecule has 0 bridgehead atoms. The maximum Gasteiger partial charge on any atom is 0.411 e. The zero-order chi connectivity index (χ0) is 22.0. The van der Waals surface area contributed by atoms with Gasteiger partial charge in [0, 0.05) is 49.7 Å². The van der Waals surface area contributed by atoms with E-state index in [0.717, 1.165) is 53.7 Å². The minimum absolute atomic E-state index is 0.0113. The van der Waals surface area contributed by atoms with Crippen molar-refractivity contribution in [3.63, 3.8) is 0 Å². The van der Waals surface area contributed by atoms with Crippen molar-refractivity contribution in [2.45, 2.75) is 44.4 Å². The number of aromatic nitrogens is 1. The lowest BCUT2D eigenvalue weighted by Gasteiger charge is -2.26. The minimum Gasteiger partial charge on any atom is -0.370 e. The number of nitrogens with zero attached hydrogens (tertiary/aromatic N) is 3. The molecule has 0 aliphatic carbocycles. The fraction of sp³-hybridized carbons (Fsp3) is 0.478. The van der Waals surface area contributed by atoms with E-state index in [4.69, 9.17) is 4.74 Å². The maximum absolute atomic E-state index is 12.4. The fourth-order valence-corrected chi connectivity index (χ4v) is 4.41. The van der Waals surface area contributed by atoms with Crippen molar-refractivity contribution in [1.82, 2.24) is 9.88 Å². The summed E-state index contributed by atoms with van der Waals surface area (Å²) in [4.78, 5) is 20.2. The number of rotatable bonds is 6. The molecule has 1 fully saturated rings. The Morgan fingerprint density at radius 1 is 1.16 bits per heavy atom. The van der Waals surface area contributed by atoms with E-state index >= 15 is 0 Å². The van der Waals surface area contributed by atoms with Gasteiger partial charge in [-0.2, -0.15) is 13.2 Å². The Bertz CT molecular complexity index is 948. The number of hydrogen-bond acceptors (Lipinski definition) is 4. The Hall–Kier alpha value is -2.45. The highest BCUT2D eigenvalue weighted by Gasteiger charge is 2.30. The van der Waals surface area contributed by atoms with Gasteiger partial charge in [-0.1, -0.05) is 6.07 Å². The first-order chi connectivity index (χ1) is 14.8. The fourth-order valence-electron chi connectivity index (χ4n) is 4.41. The third kappa shape index (κ3) is 5.25. The highest BCUT2D eigenvalue weighted by molar-refractivity contribution is 5.96. The second-order valence-electron chi connectivity index (χ2n) is 8.27. The van der Waals surface area contributed by atoms with Crippen molar-refractivity contribution in [2.24, 2.45) is 0 Å². The van der Waals surface area contributed by atoms with Gasteiger partial charge in [0.15, 0.2) is 0 Å². The van der Waals surface area contributed by atoms with E-state index < -0.39 is 12.8 Å². The topological polar surface area (TPSA) is 45.7 Å². The van der Waals surface area contributed by atoms with Crippen molar-refractivity contribution >= 4 is 11.6 Å². The monoisotopic (exact) mass is 433 g/mol. The van der Waals surface area contributed by atoms with Crippen LogP contribution in [0.15, 0.2) is 36.7 Å². The van der Waals surface area contributed by atoms with Crippen LogP contribution in [-0.4, -0.2) is 54.8 Å². The van der Waals surface area contributed by atoms with Gasteiger partial charge in [0.1, 0.15) is 6.61 Å².